The number of rotatable bonds is 0. The first-order valence-electron chi connectivity index (χ1n) is 4.32. The molecule has 1 aromatic carbocycles. The SMILES string of the molecule is c1ccc2c(c1)CC1(COC1)N2. The van der Waals surface area contributed by atoms with Crippen LogP contribution < -0.4 is 5.32 Å². The van der Waals surface area contributed by atoms with Gasteiger partial charge in [0.15, 0.2) is 0 Å². The second-order valence-electron chi connectivity index (χ2n) is 3.73. The van der Waals surface area contributed by atoms with Crippen molar-refractivity contribution >= 4 is 5.69 Å². The maximum Gasteiger partial charge on any atom is 0.0881 e. The van der Waals surface area contributed by atoms with E-state index in [1.54, 1.807) is 0 Å². The lowest BCUT2D eigenvalue weighted by Crippen LogP contribution is -2.54. The van der Waals surface area contributed by atoms with Gasteiger partial charge in [-0.25, -0.2) is 0 Å². The lowest BCUT2D eigenvalue weighted by atomic mass is 9.94. The number of anilines is 1. The van der Waals surface area contributed by atoms with Crippen LogP contribution in [0.2, 0.25) is 0 Å². The zero-order valence-electron chi connectivity index (χ0n) is 6.84. The predicted octanol–water partition coefficient (Wildman–Crippen LogP) is 1.42. The molecule has 62 valence electrons. The smallest absolute Gasteiger partial charge is 0.0881 e. The Morgan fingerprint density at radius 1 is 1.25 bits per heavy atom. The third-order valence-corrected chi connectivity index (χ3v) is 2.70. The molecule has 2 heteroatoms. The number of fused-ring (bicyclic) bond motifs is 1. The van der Waals surface area contributed by atoms with E-state index >= 15 is 0 Å². The van der Waals surface area contributed by atoms with Crippen LogP contribution in [0.4, 0.5) is 5.69 Å². The first-order chi connectivity index (χ1) is 5.88. The molecule has 1 fully saturated rings. The van der Waals surface area contributed by atoms with E-state index in [4.69, 9.17) is 4.74 Å². The number of hydrogen-bond acceptors (Lipinski definition) is 2. The van der Waals surface area contributed by atoms with E-state index in [0.717, 1.165) is 19.6 Å². The molecule has 2 heterocycles. The van der Waals surface area contributed by atoms with Crippen molar-refractivity contribution in [1.29, 1.82) is 0 Å². The quantitative estimate of drug-likeness (QED) is 0.621. The topological polar surface area (TPSA) is 21.3 Å². The van der Waals surface area contributed by atoms with Crippen molar-refractivity contribution in [1.82, 2.24) is 0 Å². The molecular weight excluding hydrogens is 150 g/mol. The van der Waals surface area contributed by atoms with Crippen LogP contribution in [0.3, 0.4) is 0 Å². The molecule has 0 saturated carbocycles. The normalized spacial score (nSPS) is 23.0. The largest absolute Gasteiger partial charge is 0.376 e. The van der Waals surface area contributed by atoms with Crippen molar-refractivity contribution in [3.8, 4) is 0 Å². The Morgan fingerprint density at radius 2 is 2.08 bits per heavy atom. The van der Waals surface area contributed by atoms with Crippen LogP contribution in [0.15, 0.2) is 24.3 Å². The first-order valence-corrected chi connectivity index (χ1v) is 4.32. The summed E-state index contributed by atoms with van der Waals surface area (Å²) in [5.41, 5.74) is 2.98. The monoisotopic (exact) mass is 161 g/mol. The van der Waals surface area contributed by atoms with Gasteiger partial charge in [0.25, 0.3) is 0 Å². The molecule has 3 rings (SSSR count). The Balaban J connectivity index is 1.99. The molecule has 0 radical (unpaired) electrons. The standard InChI is InChI=1S/C10H11NO/c1-2-4-9-8(3-1)5-10(11-9)6-12-7-10/h1-4,11H,5-7H2. The van der Waals surface area contributed by atoms with E-state index in [2.05, 4.69) is 29.6 Å². The van der Waals surface area contributed by atoms with Crippen molar-refractivity contribution in [2.45, 2.75) is 12.0 Å². The van der Waals surface area contributed by atoms with E-state index in [1.807, 2.05) is 0 Å². The highest BCUT2D eigenvalue weighted by molar-refractivity contribution is 5.59. The summed E-state index contributed by atoms with van der Waals surface area (Å²) in [6.45, 7) is 1.73. The second-order valence-corrected chi connectivity index (χ2v) is 3.73. The summed E-state index contributed by atoms with van der Waals surface area (Å²) in [7, 11) is 0. The predicted molar refractivity (Wildman–Crippen MR) is 47.3 cm³/mol. The van der Waals surface area contributed by atoms with Crippen molar-refractivity contribution in [3.05, 3.63) is 29.8 Å². The highest BCUT2D eigenvalue weighted by Crippen LogP contribution is 2.36. The van der Waals surface area contributed by atoms with E-state index < -0.39 is 0 Å². The van der Waals surface area contributed by atoms with Gasteiger partial charge in [-0.3, -0.25) is 0 Å². The molecule has 0 atom stereocenters. The van der Waals surface area contributed by atoms with Crippen molar-refractivity contribution in [3.63, 3.8) is 0 Å². The molecule has 2 aliphatic rings. The zero-order chi connectivity index (χ0) is 8.02. The summed E-state index contributed by atoms with van der Waals surface area (Å²) >= 11 is 0. The Kier molecular flexibility index (Phi) is 1.09. The fourth-order valence-corrected chi connectivity index (χ4v) is 2.01. The minimum Gasteiger partial charge on any atom is -0.376 e. The molecule has 1 spiro atoms. The lowest BCUT2D eigenvalue weighted by Gasteiger charge is -2.38. The van der Waals surface area contributed by atoms with Crippen LogP contribution in [-0.2, 0) is 11.2 Å². The van der Waals surface area contributed by atoms with Gasteiger partial charge in [0.1, 0.15) is 0 Å². The fraction of sp³-hybridized carbons (Fsp3) is 0.400. The van der Waals surface area contributed by atoms with Gasteiger partial charge in [-0.05, 0) is 11.6 Å². The van der Waals surface area contributed by atoms with Gasteiger partial charge in [0, 0.05) is 12.1 Å². The first kappa shape index (κ1) is 6.49. The number of benzene rings is 1. The van der Waals surface area contributed by atoms with Gasteiger partial charge >= 0.3 is 0 Å². The second kappa shape index (κ2) is 2.02. The highest BCUT2D eigenvalue weighted by Gasteiger charge is 2.43. The third kappa shape index (κ3) is 0.730. The van der Waals surface area contributed by atoms with Gasteiger partial charge in [0.2, 0.25) is 0 Å². The van der Waals surface area contributed by atoms with Crippen molar-refractivity contribution < 1.29 is 4.74 Å². The van der Waals surface area contributed by atoms with E-state index in [9.17, 15) is 0 Å². The van der Waals surface area contributed by atoms with Gasteiger partial charge in [-0.2, -0.15) is 0 Å². The summed E-state index contributed by atoms with van der Waals surface area (Å²) in [4.78, 5) is 0. The van der Waals surface area contributed by atoms with Crippen LogP contribution in [0.5, 0.6) is 0 Å². The number of para-hydroxylation sites is 1. The van der Waals surface area contributed by atoms with E-state index in [0.29, 0.717) is 0 Å². The van der Waals surface area contributed by atoms with Crippen molar-refractivity contribution in [2.75, 3.05) is 18.5 Å². The zero-order valence-corrected chi connectivity index (χ0v) is 6.84. The van der Waals surface area contributed by atoms with Gasteiger partial charge in [-0.15, -0.1) is 0 Å². The van der Waals surface area contributed by atoms with Crippen LogP contribution in [0.1, 0.15) is 5.56 Å². The molecule has 1 aromatic rings. The Labute approximate surface area is 71.5 Å². The molecule has 1 saturated heterocycles. The average molecular weight is 161 g/mol. The summed E-state index contributed by atoms with van der Waals surface area (Å²) < 4.78 is 5.23. The van der Waals surface area contributed by atoms with Crippen molar-refractivity contribution in [2.24, 2.45) is 0 Å². The van der Waals surface area contributed by atoms with Crippen LogP contribution in [-0.4, -0.2) is 18.8 Å². The fourth-order valence-electron chi connectivity index (χ4n) is 2.01. The van der Waals surface area contributed by atoms with Gasteiger partial charge in [0.05, 0.1) is 18.8 Å². The molecular formula is C10H11NO. The summed E-state index contributed by atoms with van der Waals surface area (Å²) in [6, 6.07) is 8.50. The molecule has 0 aliphatic carbocycles. The molecule has 1 N–H and O–H groups in total. The third-order valence-electron chi connectivity index (χ3n) is 2.70. The van der Waals surface area contributed by atoms with Gasteiger partial charge in [-0.1, -0.05) is 18.2 Å². The summed E-state index contributed by atoms with van der Waals surface area (Å²) in [5, 5.41) is 3.52. The minimum absolute atomic E-state index is 0.254. The molecule has 0 aromatic heterocycles. The molecule has 0 unspecified atom stereocenters. The number of hydrogen-bond donors (Lipinski definition) is 1. The maximum atomic E-state index is 5.23. The molecule has 2 nitrogen and oxygen atoms in total. The average Bonchev–Trinajstić information content (AvgIpc) is 2.42. The summed E-state index contributed by atoms with van der Waals surface area (Å²) in [5.74, 6) is 0. The Bertz CT molecular complexity index is 290. The number of ether oxygens (including phenoxy) is 1. The minimum atomic E-state index is 0.254. The van der Waals surface area contributed by atoms with E-state index in [1.165, 1.54) is 11.3 Å². The molecule has 2 aliphatic heterocycles. The number of nitrogens with one attached hydrogen (secondary N) is 1. The highest BCUT2D eigenvalue weighted by atomic mass is 16.5. The van der Waals surface area contributed by atoms with Crippen LogP contribution in [0.25, 0.3) is 0 Å². The maximum absolute atomic E-state index is 5.23. The molecule has 12 heavy (non-hydrogen) atoms. The Hall–Kier alpha value is -1.02. The van der Waals surface area contributed by atoms with E-state index in [-0.39, 0.29) is 5.54 Å². The van der Waals surface area contributed by atoms with Gasteiger partial charge < -0.3 is 10.1 Å². The molecule has 0 amide bonds. The molecule has 0 bridgehead atoms. The lowest BCUT2D eigenvalue weighted by molar-refractivity contribution is -0.0376. The summed E-state index contributed by atoms with van der Waals surface area (Å²) in [6.07, 6.45) is 1.13. The van der Waals surface area contributed by atoms with Crippen LogP contribution >= 0.6 is 0 Å². The Morgan fingerprint density at radius 3 is 2.75 bits per heavy atom. The van der Waals surface area contributed by atoms with Crippen LogP contribution in [0, 0.1) is 0 Å².